The first-order valence-corrected chi connectivity index (χ1v) is 5.00. The third-order valence-electron chi connectivity index (χ3n) is 2.44. The summed E-state index contributed by atoms with van der Waals surface area (Å²) in [6, 6.07) is 3.27. The van der Waals surface area contributed by atoms with Crippen LogP contribution in [-0.2, 0) is 5.54 Å². The highest BCUT2D eigenvalue weighted by molar-refractivity contribution is 5.16. The van der Waals surface area contributed by atoms with Crippen LogP contribution in [0, 0.1) is 10.1 Å². The molecule has 2 rings (SSSR count). The number of nitrogens with zero attached hydrogens (tertiary/aromatic N) is 5. The Bertz CT molecular complexity index is 535. The minimum absolute atomic E-state index is 0.322. The number of aromatic nitrogens is 4. The third kappa shape index (κ3) is 1.99. The number of hydrogen-bond donors (Lipinski definition) is 0. The quantitative estimate of drug-likeness (QED) is 0.586. The van der Waals surface area contributed by atoms with Gasteiger partial charge in [0.2, 0.25) is 0 Å². The van der Waals surface area contributed by atoms with Gasteiger partial charge in [0.1, 0.15) is 5.69 Å². The second-order valence-electron chi connectivity index (χ2n) is 4.01. The average Bonchev–Trinajstić information content (AvgIpc) is 2.82. The summed E-state index contributed by atoms with van der Waals surface area (Å²) in [6.07, 6.45) is 4.76. The van der Waals surface area contributed by atoms with Crippen LogP contribution in [0.2, 0.25) is 0 Å². The molecule has 0 saturated heterocycles. The summed E-state index contributed by atoms with van der Waals surface area (Å²) in [5.41, 5.74) is -0.895. The molecule has 0 unspecified atom stereocenters. The van der Waals surface area contributed by atoms with Crippen molar-refractivity contribution in [2.45, 2.75) is 19.4 Å². The van der Waals surface area contributed by atoms with Gasteiger partial charge in [-0.2, -0.15) is 5.10 Å². The van der Waals surface area contributed by atoms with E-state index in [0.29, 0.717) is 11.6 Å². The van der Waals surface area contributed by atoms with Crippen LogP contribution in [0.4, 0.5) is 0 Å². The second kappa shape index (κ2) is 3.93. The lowest BCUT2D eigenvalue weighted by Crippen LogP contribution is -2.29. The van der Waals surface area contributed by atoms with Crippen LogP contribution in [0.1, 0.15) is 19.5 Å². The Hall–Kier alpha value is -2.31. The van der Waals surface area contributed by atoms with Crippen molar-refractivity contribution >= 4 is 0 Å². The van der Waals surface area contributed by atoms with E-state index in [9.17, 15) is 10.1 Å². The van der Waals surface area contributed by atoms with Gasteiger partial charge in [0, 0.05) is 37.4 Å². The molecule has 0 aliphatic heterocycles. The summed E-state index contributed by atoms with van der Waals surface area (Å²) in [6.45, 7) is 3.00. The summed E-state index contributed by atoms with van der Waals surface area (Å²) in [7, 11) is 0. The Morgan fingerprint density at radius 2 is 2.18 bits per heavy atom. The van der Waals surface area contributed by atoms with E-state index < -0.39 is 5.54 Å². The molecule has 88 valence electrons. The van der Waals surface area contributed by atoms with Crippen molar-refractivity contribution < 1.29 is 4.92 Å². The van der Waals surface area contributed by atoms with Gasteiger partial charge in [0.25, 0.3) is 11.5 Å². The van der Waals surface area contributed by atoms with E-state index in [-0.39, 0.29) is 4.92 Å². The lowest BCUT2D eigenvalue weighted by atomic mass is 10.0. The minimum atomic E-state index is -1.25. The molecule has 7 heteroatoms. The van der Waals surface area contributed by atoms with E-state index in [1.165, 1.54) is 30.8 Å². The van der Waals surface area contributed by atoms with Crippen molar-refractivity contribution in [3.05, 3.63) is 46.5 Å². The summed E-state index contributed by atoms with van der Waals surface area (Å²) in [5, 5.41) is 14.9. The third-order valence-corrected chi connectivity index (χ3v) is 2.44. The topological polar surface area (TPSA) is 86.7 Å². The molecule has 0 N–H and O–H groups in total. The van der Waals surface area contributed by atoms with Gasteiger partial charge in [-0.15, -0.1) is 0 Å². The van der Waals surface area contributed by atoms with Gasteiger partial charge in [0.15, 0.2) is 0 Å². The standard InChI is InChI=1S/C10H11N5O2/c1-10(2,15(16)17)8-4-6-11-9(13-8)14-7-3-5-12-14/h3-7H,1-2H3. The highest BCUT2D eigenvalue weighted by Gasteiger charge is 2.35. The van der Waals surface area contributed by atoms with E-state index in [2.05, 4.69) is 15.1 Å². The van der Waals surface area contributed by atoms with E-state index in [1.807, 2.05) is 0 Å². The molecule has 2 aromatic rings. The van der Waals surface area contributed by atoms with Crippen LogP contribution in [0.5, 0.6) is 0 Å². The average molecular weight is 233 g/mol. The van der Waals surface area contributed by atoms with Crippen molar-refractivity contribution in [2.24, 2.45) is 0 Å². The van der Waals surface area contributed by atoms with E-state index >= 15 is 0 Å². The Morgan fingerprint density at radius 3 is 2.76 bits per heavy atom. The largest absolute Gasteiger partial charge is 0.264 e. The smallest absolute Gasteiger partial charge is 0.258 e. The molecule has 0 amide bonds. The number of hydrogen-bond acceptors (Lipinski definition) is 5. The van der Waals surface area contributed by atoms with Crippen LogP contribution in [0.3, 0.4) is 0 Å². The van der Waals surface area contributed by atoms with Crippen molar-refractivity contribution in [3.8, 4) is 5.95 Å². The monoisotopic (exact) mass is 233 g/mol. The van der Waals surface area contributed by atoms with Crippen molar-refractivity contribution in [1.29, 1.82) is 0 Å². The van der Waals surface area contributed by atoms with Gasteiger partial charge < -0.3 is 0 Å². The molecule has 2 aromatic heterocycles. The summed E-state index contributed by atoms with van der Waals surface area (Å²) in [5.74, 6) is 0.322. The van der Waals surface area contributed by atoms with E-state index in [0.717, 1.165) is 0 Å². The molecular formula is C10H11N5O2. The normalized spacial score (nSPS) is 11.4. The maximum absolute atomic E-state index is 10.9. The minimum Gasteiger partial charge on any atom is -0.264 e. The molecule has 0 radical (unpaired) electrons. The Labute approximate surface area is 97.3 Å². The fourth-order valence-corrected chi connectivity index (χ4v) is 1.28. The summed E-state index contributed by atoms with van der Waals surface area (Å²) < 4.78 is 1.46. The fourth-order valence-electron chi connectivity index (χ4n) is 1.28. The van der Waals surface area contributed by atoms with Gasteiger partial charge in [-0.05, 0) is 12.1 Å². The van der Waals surface area contributed by atoms with Gasteiger partial charge in [0.05, 0.1) is 0 Å². The predicted molar refractivity (Wildman–Crippen MR) is 59.2 cm³/mol. The highest BCUT2D eigenvalue weighted by atomic mass is 16.6. The predicted octanol–water partition coefficient (Wildman–Crippen LogP) is 1.17. The van der Waals surface area contributed by atoms with Gasteiger partial charge in [-0.25, -0.2) is 14.6 Å². The lowest BCUT2D eigenvalue weighted by Gasteiger charge is -2.14. The van der Waals surface area contributed by atoms with Crippen LogP contribution in [0.15, 0.2) is 30.7 Å². The second-order valence-corrected chi connectivity index (χ2v) is 4.01. The van der Waals surface area contributed by atoms with Crippen molar-refractivity contribution in [1.82, 2.24) is 19.7 Å². The molecule has 0 fully saturated rings. The van der Waals surface area contributed by atoms with E-state index in [4.69, 9.17) is 0 Å². The zero-order chi connectivity index (χ0) is 12.5. The zero-order valence-electron chi connectivity index (χ0n) is 9.44. The Balaban J connectivity index is 2.46. The fraction of sp³-hybridized carbons (Fsp3) is 0.300. The maximum Gasteiger partial charge on any atom is 0.258 e. The lowest BCUT2D eigenvalue weighted by molar-refractivity contribution is -0.570. The molecule has 2 heterocycles. The molecule has 7 nitrogen and oxygen atoms in total. The molecular weight excluding hydrogens is 222 g/mol. The first kappa shape index (κ1) is 11.2. The first-order valence-electron chi connectivity index (χ1n) is 5.00. The molecule has 0 aliphatic rings. The molecule has 0 aliphatic carbocycles. The number of rotatable bonds is 3. The zero-order valence-corrected chi connectivity index (χ0v) is 9.44. The van der Waals surface area contributed by atoms with Gasteiger partial charge >= 0.3 is 0 Å². The molecule has 0 spiro atoms. The van der Waals surface area contributed by atoms with Gasteiger partial charge in [-0.3, -0.25) is 10.1 Å². The Kier molecular flexibility index (Phi) is 2.58. The number of nitro groups is 1. The van der Waals surface area contributed by atoms with Crippen LogP contribution in [-0.4, -0.2) is 24.7 Å². The highest BCUT2D eigenvalue weighted by Crippen LogP contribution is 2.21. The SMILES string of the molecule is CC(C)(c1ccnc(-n2cccn2)n1)[N+](=O)[O-]. The maximum atomic E-state index is 10.9. The summed E-state index contributed by atoms with van der Waals surface area (Å²) >= 11 is 0. The van der Waals surface area contributed by atoms with E-state index in [1.54, 1.807) is 18.5 Å². The molecule has 0 bridgehead atoms. The molecule has 0 aromatic carbocycles. The van der Waals surface area contributed by atoms with Crippen LogP contribution in [0.25, 0.3) is 5.95 Å². The van der Waals surface area contributed by atoms with Crippen molar-refractivity contribution in [3.63, 3.8) is 0 Å². The van der Waals surface area contributed by atoms with Crippen LogP contribution >= 0.6 is 0 Å². The molecule has 0 atom stereocenters. The first-order chi connectivity index (χ1) is 8.01. The van der Waals surface area contributed by atoms with Crippen molar-refractivity contribution in [2.75, 3.05) is 0 Å². The summed E-state index contributed by atoms with van der Waals surface area (Å²) in [4.78, 5) is 18.7. The Morgan fingerprint density at radius 1 is 1.41 bits per heavy atom. The molecule has 0 saturated carbocycles. The molecule has 17 heavy (non-hydrogen) atoms. The van der Waals surface area contributed by atoms with Gasteiger partial charge in [-0.1, -0.05) is 0 Å². The van der Waals surface area contributed by atoms with Crippen LogP contribution < -0.4 is 0 Å².